The lowest BCUT2D eigenvalue weighted by molar-refractivity contribution is 0.0134. The molecule has 0 unspecified atom stereocenters. The van der Waals surface area contributed by atoms with Crippen molar-refractivity contribution in [3.05, 3.63) is 0 Å². The molecule has 0 aromatic heterocycles. The average molecular weight is 182 g/mol. The first-order valence-electron chi connectivity index (χ1n) is 5.40. The smallest absolute Gasteiger partial charge is 0.120 e. The minimum atomic E-state index is 0.435. The van der Waals surface area contributed by atoms with Gasteiger partial charge in [-0.3, -0.25) is 15.3 Å². The van der Waals surface area contributed by atoms with Crippen LogP contribution >= 0.6 is 0 Å². The average Bonchev–Trinajstić information content (AvgIpc) is 2.69. The highest BCUT2D eigenvalue weighted by atomic mass is 16.7. The molecule has 2 rings (SSSR count). The van der Waals surface area contributed by atoms with Crippen molar-refractivity contribution in [1.82, 2.24) is 5.48 Å². The van der Waals surface area contributed by atoms with Crippen LogP contribution in [0.1, 0.15) is 44.9 Å². The number of amidine groups is 1. The molecule has 1 aliphatic carbocycles. The van der Waals surface area contributed by atoms with Gasteiger partial charge in [0.05, 0.1) is 6.10 Å². The normalized spacial score (nSPS) is 24.5. The Morgan fingerprint density at radius 3 is 2.69 bits per heavy atom. The molecular formula is C10H18N2O. The number of hydroxylamine groups is 1. The molecule has 1 heterocycles. The SMILES string of the molecule is C1CCC(NOC2CCCC2)=NC1. The molecule has 1 aliphatic heterocycles. The van der Waals surface area contributed by atoms with Crippen LogP contribution in [0.2, 0.25) is 0 Å². The number of nitrogens with zero attached hydrogens (tertiary/aromatic N) is 1. The van der Waals surface area contributed by atoms with Crippen molar-refractivity contribution in [3.63, 3.8) is 0 Å². The molecule has 0 aromatic carbocycles. The van der Waals surface area contributed by atoms with E-state index in [-0.39, 0.29) is 0 Å². The van der Waals surface area contributed by atoms with Crippen LogP contribution in [0, 0.1) is 0 Å². The summed E-state index contributed by atoms with van der Waals surface area (Å²) >= 11 is 0. The summed E-state index contributed by atoms with van der Waals surface area (Å²) in [6.45, 7) is 0.969. The Balaban J connectivity index is 1.68. The summed E-state index contributed by atoms with van der Waals surface area (Å²) in [7, 11) is 0. The second kappa shape index (κ2) is 4.61. The second-order valence-corrected chi connectivity index (χ2v) is 3.91. The summed E-state index contributed by atoms with van der Waals surface area (Å²) in [5, 5.41) is 0. The summed E-state index contributed by atoms with van der Waals surface area (Å²) in [5.41, 5.74) is 3.01. The molecular weight excluding hydrogens is 164 g/mol. The molecule has 0 saturated heterocycles. The fourth-order valence-corrected chi connectivity index (χ4v) is 1.94. The van der Waals surface area contributed by atoms with Crippen LogP contribution in [0.3, 0.4) is 0 Å². The van der Waals surface area contributed by atoms with Crippen LogP contribution in [0.4, 0.5) is 0 Å². The number of rotatable bonds is 2. The van der Waals surface area contributed by atoms with E-state index < -0.39 is 0 Å². The molecule has 0 spiro atoms. The summed E-state index contributed by atoms with van der Waals surface area (Å²) in [5.74, 6) is 1.05. The molecule has 74 valence electrons. The Kier molecular flexibility index (Phi) is 3.19. The van der Waals surface area contributed by atoms with Crippen LogP contribution in [0.15, 0.2) is 4.99 Å². The molecule has 0 amide bonds. The fraction of sp³-hybridized carbons (Fsp3) is 0.900. The fourth-order valence-electron chi connectivity index (χ4n) is 1.94. The van der Waals surface area contributed by atoms with Crippen molar-refractivity contribution in [2.24, 2.45) is 4.99 Å². The van der Waals surface area contributed by atoms with E-state index in [9.17, 15) is 0 Å². The van der Waals surface area contributed by atoms with Gasteiger partial charge in [-0.25, -0.2) is 0 Å². The first-order valence-corrected chi connectivity index (χ1v) is 5.40. The number of aliphatic imine (C=N–C) groups is 1. The molecule has 1 saturated carbocycles. The van der Waals surface area contributed by atoms with Gasteiger partial charge >= 0.3 is 0 Å². The van der Waals surface area contributed by atoms with Gasteiger partial charge in [-0.15, -0.1) is 0 Å². The largest absolute Gasteiger partial charge is 0.272 e. The third-order valence-electron chi connectivity index (χ3n) is 2.77. The zero-order valence-electron chi connectivity index (χ0n) is 8.09. The van der Waals surface area contributed by atoms with Crippen molar-refractivity contribution in [2.45, 2.75) is 51.0 Å². The van der Waals surface area contributed by atoms with Crippen LogP contribution < -0.4 is 5.48 Å². The van der Waals surface area contributed by atoms with Crippen molar-refractivity contribution >= 4 is 5.84 Å². The summed E-state index contributed by atoms with van der Waals surface area (Å²) in [6.07, 6.45) is 9.03. The third kappa shape index (κ3) is 2.69. The van der Waals surface area contributed by atoms with Gasteiger partial charge in [-0.2, -0.15) is 0 Å². The van der Waals surface area contributed by atoms with Gasteiger partial charge in [0.2, 0.25) is 0 Å². The highest BCUT2D eigenvalue weighted by Crippen LogP contribution is 2.20. The van der Waals surface area contributed by atoms with Crippen LogP contribution in [0.25, 0.3) is 0 Å². The van der Waals surface area contributed by atoms with Crippen LogP contribution in [-0.4, -0.2) is 18.5 Å². The standard InChI is InChI=1S/C10H18N2O/c1-2-6-9(5-1)13-12-10-7-3-4-8-11-10/h9H,1-8H2,(H,11,12). The summed E-state index contributed by atoms with van der Waals surface area (Å²) in [6, 6.07) is 0. The minimum absolute atomic E-state index is 0.435. The van der Waals surface area contributed by atoms with Gasteiger partial charge in [-0.1, -0.05) is 12.8 Å². The highest BCUT2D eigenvalue weighted by molar-refractivity contribution is 5.81. The van der Waals surface area contributed by atoms with Gasteiger partial charge in [0.15, 0.2) is 0 Å². The summed E-state index contributed by atoms with van der Waals surface area (Å²) in [4.78, 5) is 9.93. The van der Waals surface area contributed by atoms with E-state index in [0.29, 0.717) is 6.10 Å². The van der Waals surface area contributed by atoms with E-state index in [1.54, 1.807) is 0 Å². The lowest BCUT2D eigenvalue weighted by atomic mass is 10.2. The Morgan fingerprint density at radius 2 is 2.00 bits per heavy atom. The van der Waals surface area contributed by atoms with Crippen LogP contribution in [0.5, 0.6) is 0 Å². The zero-order chi connectivity index (χ0) is 8.93. The predicted molar refractivity (Wildman–Crippen MR) is 52.6 cm³/mol. The Labute approximate surface area is 79.5 Å². The van der Waals surface area contributed by atoms with Crippen LogP contribution in [-0.2, 0) is 4.84 Å². The maximum Gasteiger partial charge on any atom is 0.120 e. The molecule has 3 heteroatoms. The molecule has 0 aromatic rings. The topological polar surface area (TPSA) is 33.6 Å². The first-order chi connectivity index (χ1) is 6.45. The van der Waals surface area contributed by atoms with E-state index in [4.69, 9.17) is 4.84 Å². The lowest BCUT2D eigenvalue weighted by Gasteiger charge is -2.16. The van der Waals surface area contributed by atoms with Gasteiger partial charge < -0.3 is 0 Å². The lowest BCUT2D eigenvalue weighted by Crippen LogP contribution is -2.29. The van der Waals surface area contributed by atoms with Crippen molar-refractivity contribution in [2.75, 3.05) is 6.54 Å². The van der Waals surface area contributed by atoms with E-state index in [1.165, 1.54) is 38.5 Å². The quantitative estimate of drug-likeness (QED) is 0.663. The van der Waals surface area contributed by atoms with Crippen molar-refractivity contribution in [1.29, 1.82) is 0 Å². The van der Waals surface area contributed by atoms with E-state index >= 15 is 0 Å². The minimum Gasteiger partial charge on any atom is -0.272 e. The molecule has 0 radical (unpaired) electrons. The Hall–Kier alpha value is -0.570. The van der Waals surface area contributed by atoms with Gasteiger partial charge in [0, 0.05) is 13.0 Å². The zero-order valence-corrected chi connectivity index (χ0v) is 8.09. The summed E-state index contributed by atoms with van der Waals surface area (Å²) < 4.78 is 0. The van der Waals surface area contributed by atoms with Crippen molar-refractivity contribution in [3.8, 4) is 0 Å². The Bertz CT molecular complexity index is 185. The Morgan fingerprint density at radius 1 is 1.15 bits per heavy atom. The van der Waals surface area contributed by atoms with Gasteiger partial charge in [0.1, 0.15) is 5.84 Å². The number of hydrogen-bond acceptors (Lipinski definition) is 3. The third-order valence-corrected chi connectivity index (χ3v) is 2.77. The molecule has 2 aliphatic rings. The van der Waals surface area contributed by atoms with Gasteiger partial charge in [-0.05, 0) is 25.7 Å². The van der Waals surface area contributed by atoms with Crippen molar-refractivity contribution < 1.29 is 4.84 Å². The van der Waals surface area contributed by atoms with E-state index in [2.05, 4.69) is 10.5 Å². The van der Waals surface area contributed by atoms with Gasteiger partial charge in [0.25, 0.3) is 0 Å². The predicted octanol–water partition coefficient (Wildman–Crippen LogP) is 2.03. The first kappa shape index (κ1) is 9.00. The second-order valence-electron chi connectivity index (χ2n) is 3.91. The molecule has 3 nitrogen and oxygen atoms in total. The maximum atomic E-state index is 5.56. The molecule has 1 fully saturated rings. The number of hydrogen-bond donors (Lipinski definition) is 1. The number of nitrogens with one attached hydrogen (secondary N) is 1. The highest BCUT2D eigenvalue weighted by Gasteiger charge is 2.16. The maximum absolute atomic E-state index is 5.56. The van der Waals surface area contributed by atoms with E-state index in [0.717, 1.165) is 18.8 Å². The van der Waals surface area contributed by atoms with E-state index in [1.807, 2.05) is 0 Å². The molecule has 0 atom stereocenters. The monoisotopic (exact) mass is 182 g/mol. The molecule has 1 N–H and O–H groups in total. The molecule has 0 bridgehead atoms. The molecule has 13 heavy (non-hydrogen) atoms.